The van der Waals surface area contributed by atoms with Crippen molar-refractivity contribution < 1.29 is 0 Å². The lowest BCUT2D eigenvalue weighted by Crippen LogP contribution is -2.47. The highest BCUT2D eigenvalue weighted by atomic mass is 15.4. The highest BCUT2D eigenvalue weighted by Crippen LogP contribution is 2.18. The van der Waals surface area contributed by atoms with Crippen LogP contribution < -0.4 is 14.7 Å². The third-order valence-corrected chi connectivity index (χ3v) is 4.72. The van der Waals surface area contributed by atoms with E-state index in [1.807, 2.05) is 48.5 Å². The van der Waals surface area contributed by atoms with Crippen molar-refractivity contribution in [3.8, 4) is 0 Å². The summed E-state index contributed by atoms with van der Waals surface area (Å²) in [6.45, 7) is 4.35. The Kier molecular flexibility index (Phi) is 5.09. The lowest BCUT2D eigenvalue weighted by Gasteiger charge is -2.36. The molecule has 138 valence electrons. The summed E-state index contributed by atoms with van der Waals surface area (Å²) in [5.41, 5.74) is 1.22. The van der Waals surface area contributed by atoms with Gasteiger partial charge in [-0.15, -0.1) is 5.10 Å². The van der Waals surface area contributed by atoms with Gasteiger partial charge in [0.05, 0.1) is 6.20 Å². The molecule has 1 saturated heterocycles. The quantitative estimate of drug-likeness (QED) is 0.690. The van der Waals surface area contributed by atoms with E-state index in [0.29, 0.717) is 5.95 Å². The van der Waals surface area contributed by atoms with E-state index < -0.39 is 0 Å². The Morgan fingerprint density at radius 1 is 0.889 bits per heavy atom. The van der Waals surface area contributed by atoms with Crippen LogP contribution >= 0.6 is 0 Å². The van der Waals surface area contributed by atoms with E-state index >= 15 is 0 Å². The Morgan fingerprint density at radius 2 is 1.59 bits per heavy atom. The minimum absolute atomic E-state index is 0.642. The van der Waals surface area contributed by atoms with Gasteiger partial charge in [0.15, 0.2) is 5.82 Å². The van der Waals surface area contributed by atoms with Gasteiger partial charge in [-0.2, -0.15) is 10.1 Å². The van der Waals surface area contributed by atoms with Crippen LogP contribution in [0, 0.1) is 0 Å². The summed E-state index contributed by atoms with van der Waals surface area (Å²) in [6.07, 6.45) is 3.58. The normalized spacial score (nSPS) is 14.3. The highest BCUT2D eigenvalue weighted by Gasteiger charge is 2.20. The minimum atomic E-state index is 0.642. The van der Waals surface area contributed by atoms with Crippen LogP contribution in [-0.4, -0.2) is 53.4 Å². The molecule has 3 heterocycles. The Hall–Kier alpha value is -3.22. The van der Waals surface area contributed by atoms with Gasteiger partial charge < -0.3 is 14.7 Å². The SMILES string of the molecule is CN(Cc1ccccc1)c1nncc(N2CCN(c3ccccn3)CC2)n1. The molecule has 7 nitrogen and oxygen atoms in total. The maximum atomic E-state index is 4.73. The first-order valence-corrected chi connectivity index (χ1v) is 9.15. The number of hydrogen-bond acceptors (Lipinski definition) is 7. The lowest BCUT2D eigenvalue weighted by atomic mass is 10.2. The van der Waals surface area contributed by atoms with Crippen molar-refractivity contribution in [2.75, 3.05) is 47.9 Å². The molecule has 0 bridgehead atoms. The summed E-state index contributed by atoms with van der Waals surface area (Å²) >= 11 is 0. The molecule has 2 aromatic heterocycles. The molecule has 0 spiro atoms. The molecule has 1 aromatic carbocycles. The predicted molar refractivity (Wildman–Crippen MR) is 107 cm³/mol. The molecule has 0 saturated carbocycles. The van der Waals surface area contributed by atoms with Crippen molar-refractivity contribution in [2.45, 2.75) is 6.54 Å². The molecular formula is C20H23N7. The van der Waals surface area contributed by atoms with Crippen molar-refractivity contribution in [3.63, 3.8) is 0 Å². The summed E-state index contributed by atoms with van der Waals surface area (Å²) in [4.78, 5) is 15.8. The smallest absolute Gasteiger partial charge is 0.247 e. The van der Waals surface area contributed by atoms with E-state index in [9.17, 15) is 0 Å². The fourth-order valence-electron chi connectivity index (χ4n) is 3.23. The fraction of sp³-hybridized carbons (Fsp3) is 0.300. The molecule has 0 unspecified atom stereocenters. The van der Waals surface area contributed by atoms with E-state index in [0.717, 1.165) is 44.4 Å². The topological polar surface area (TPSA) is 61.3 Å². The van der Waals surface area contributed by atoms with Gasteiger partial charge in [-0.3, -0.25) is 0 Å². The molecule has 0 amide bonds. The van der Waals surface area contributed by atoms with Gasteiger partial charge in [-0.25, -0.2) is 4.98 Å². The van der Waals surface area contributed by atoms with Crippen LogP contribution in [0.15, 0.2) is 60.9 Å². The van der Waals surface area contributed by atoms with Gasteiger partial charge in [0.2, 0.25) is 5.95 Å². The zero-order chi connectivity index (χ0) is 18.5. The molecule has 1 fully saturated rings. The van der Waals surface area contributed by atoms with Gasteiger partial charge in [0.1, 0.15) is 5.82 Å². The van der Waals surface area contributed by atoms with Crippen molar-refractivity contribution in [1.82, 2.24) is 20.2 Å². The van der Waals surface area contributed by atoms with Gasteiger partial charge in [0, 0.05) is 46.0 Å². The second-order valence-electron chi connectivity index (χ2n) is 6.62. The average molecular weight is 361 g/mol. The van der Waals surface area contributed by atoms with Gasteiger partial charge >= 0.3 is 0 Å². The third kappa shape index (κ3) is 4.13. The van der Waals surface area contributed by atoms with Crippen LogP contribution in [-0.2, 0) is 6.54 Å². The molecule has 3 aromatic rings. The zero-order valence-corrected chi connectivity index (χ0v) is 15.4. The molecule has 1 aliphatic heterocycles. The molecule has 1 aliphatic rings. The summed E-state index contributed by atoms with van der Waals surface area (Å²) in [5.74, 6) is 2.55. The first-order valence-electron chi connectivity index (χ1n) is 9.15. The summed E-state index contributed by atoms with van der Waals surface area (Å²) < 4.78 is 0. The molecule has 27 heavy (non-hydrogen) atoms. The van der Waals surface area contributed by atoms with Crippen LogP contribution in [0.5, 0.6) is 0 Å². The third-order valence-electron chi connectivity index (χ3n) is 4.72. The Morgan fingerprint density at radius 3 is 2.30 bits per heavy atom. The van der Waals surface area contributed by atoms with E-state index in [1.165, 1.54) is 5.56 Å². The first-order chi connectivity index (χ1) is 13.3. The number of anilines is 3. The van der Waals surface area contributed by atoms with E-state index in [-0.39, 0.29) is 0 Å². The van der Waals surface area contributed by atoms with E-state index in [2.05, 4.69) is 43.2 Å². The van der Waals surface area contributed by atoms with Crippen LogP contribution in [0.3, 0.4) is 0 Å². The number of aromatic nitrogens is 4. The second-order valence-corrected chi connectivity index (χ2v) is 6.62. The Labute approximate surface area is 159 Å². The monoisotopic (exact) mass is 361 g/mol. The van der Waals surface area contributed by atoms with Crippen molar-refractivity contribution in [1.29, 1.82) is 0 Å². The van der Waals surface area contributed by atoms with Gasteiger partial charge in [-0.1, -0.05) is 36.4 Å². The number of pyridine rings is 1. The van der Waals surface area contributed by atoms with Crippen molar-refractivity contribution in [2.24, 2.45) is 0 Å². The van der Waals surface area contributed by atoms with Gasteiger partial charge in [-0.05, 0) is 17.7 Å². The standard InChI is InChI=1S/C20H23N7/c1-25(16-17-7-3-2-4-8-17)20-23-19(15-22-24-20)27-13-11-26(12-14-27)18-9-5-6-10-21-18/h2-10,15H,11-14,16H2,1H3. The number of rotatable bonds is 5. The Bertz CT molecular complexity index is 848. The number of nitrogens with zero attached hydrogens (tertiary/aromatic N) is 7. The van der Waals surface area contributed by atoms with E-state index in [1.54, 1.807) is 6.20 Å². The fourth-order valence-corrected chi connectivity index (χ4v) is 3.23. The molecule has 4 rings (SSSR count). The molecule has 7 heteroatoms. The van der Waals surface area contributed by atoms with Crippen molar-refractivity contribution in [3.05, 3.63) is 66.5 Å². The average Bonchev–Trinajstić information content (AvgIpc) is 2.75. The maximum Gasteiger partial charge on any atom is 0.247 e. The number of piperazine rings is 1. The summed E-state index contributed by atoms with van der Waals surface area (Å²) in [6, 6.07) is 16.3. The maximum absolute atomic E-state index is 4.73. The molecule has 0 N–H and O–H groups in total. The number of benzene rings is 1. The van der Waals surface area contributed by atoms with E-state index in [4.69, 9.17) is 4.98 Å². The number of hydrogen-bond donors (Lipinski definition) is 0. The molecule has 0 atom stereocenters. The molecular weight excluding hydrogens is 338 g/mol. The van der Waals surface area contributed by atoms with Crippen LogP contribution in [0.2, 0.25) is 0 Å². The predicted octanol–water partition coefficient (Wildman–Crippen LogP) is 2.23. The lowest BCUT2D eigenvalue weighted by molar-refractivity contribution is 0.637. The second kappa shape index (κ2) is 7.99. The minimum Gasteiger partial charge on any atom is -0.353 e. The Balaban J connectivity index is 1.41. The zero-order valence-electron chi connectivity index (χ0n) is 15.4. The van der Waals surface area contributed by atoms with Crippen LogP contribution in [0.4, 0.5) is 17.6 Å². The molecule has 0 radical (unpaired) electrons. The van der Waals surface area contributed by atoms with Crippen LogP contribution in [0.25, 0.3) is 0 Å². The summed E-state index contributed by atoms with van der Waals surface area (Å²) in [5, 5.41) is 8.39. The van der Waals surface area contributed by atoms with Crippen molar-refractivity contribution >= 4 is 17.6 Å². The molecule has 0 aliphatic carbocycles. The summed E-state index contributed by atoms with van der Waals surface area (Å²) in [7, 11) is 1.99. The highest BCUT2D eigenvalue weighted by molar-refractivity contribution is 5.45. The first kappa shape index (κ1) is 17.2. The van der Waals surface area contributed by atoms with Gasteiger partial charge in [0.25, 0.3) is 0 Å². The largest absolute Gasteiger partial charge is 0.353 e. The van der Waals surface area contributed by atoms with Crippen LogP contribution in [0.1, 0.15) is 5.56 Å².